The van der Waals surface area contributed by atoms with E-state index in [-0.39, 0.29) is 81.1 Å². The van der Waals surface area contributed by atoms with Crippen LogP contribution >= 0.6 is 0 Å². The van der Waals surface area contributed by atoms with Crippen molar-refractivity contribution in [1.29, 1.82) is 0 Å². The number of nitrogens with one attached hydrogen (secondary N) is 9. The third kappa shape index (κ3) is 20.5. The fraction of sp³-hybridized carbons (Fsp3) is 0.617. The number of carbonyl (C=O) groups excluding carboxylic acids is 8. The molecule has 1 aliphatic rings. The van der Waals surface area contributed by atoms with Crippen molar-refractivity contribution in [3.8, 4) is 0 Å². The third-order valence-corrected chi connectivity index (χ3v) is 11.3. The molecule has 0 radical (unpaired) electrons. The molecule has 70 heavy (non-hydrogen) atoms. The van der Waals surface area contributed by atoms with Crippen LogP contribution in [0.3, 0.4) is 0 Å². The Labute approximate surface area is 409 Å². The molecule has 3 rings (SSSR count). The van der Waals surface area contributed by atoms with Gasteiger partial charge in [0.05, 0.1) is 19.0 Å². The number of H-pyrrole nitrogens is 1. The van der Waals surface area contributed by atoms with Crippen LogP contribution in [0.4, 0.5) is 0 Å². The zero-order valence-electron chi connectivity index (χ0n) is 41.2. The van der Waals surface area contributed by atoms with Crippen molar-refractivity contribution in [2.24, 2.45) is 39.9 Å². The van der Waals surface area contributed by atoms with Crippen LogP contribution in [0.15, 0.2) is 47.8 Å². The molecule has 0 aliphatic carbocycles. The normalized spacial score (nSPS) is 16.4. The molecular formula is C47H76N14O9. The van der Waals surface area contributed by atoms with Gasteiger partial charge in [0.25, 0.3) is 0 Å². The van der Waals surface area contributed by atoms with Gasteiger partial charge in [0.15, 0.2) is 5.96 Å². The topological polar surface area (TPSA) is 372 Å². The average molecular weight is 981 g/mol. The molecular weight excluding hydrogens is 905 g/mol. The number of aromatic nitrogens is 2. The van der Waals surface area contributed by atoms with Gasteiger partial charge in [-0.15, -0.1) is 0 Å². The van der Waals surface area contributed by atoms with Crippen molar-refractivity contribution in [2.75, 3.05) is 19.7 Å². The third-order valence-electron chi connectivity index (χ3n) is 11.3. The van der Waals surface area contributed by atoms with Crippen molar-refractivity contribution in [2.45, 2.75) is 148 Å². The predicted molar refractivity (Wildman–Crippen MR) is 262 cm³/mol. The Balaban J connectivity index is 1.82. The van der Waals surface area contributed by atoms with E-state index in [0.717, 1.165) is 12.0 Å². The van der Waals surface area contributed by atoms with Gasteiger partial charge in [-0.2, -0.15) is 0 Å². The molecule has 0 bridgehead atoms. The van der Waals surface area contributed by atoms with Crippen molar-refractivity contribution in [3.05, 3.63) is 54.1 Å². The largest absolute Gasteiger partial charge is 0.394 e. The summed E-state index contributed by atoms with van der Waals surface area (Å²) in [6.45, 7) is 10.8. The second kappa shape index (κ2) is 29.4. The van der Waals surface area contributed by atoms with E-state index in [4.69, 9.17) is 17.2 Å². The summed E-state index contributed by atoms with van der Waals surface area (Å²) in [6, 6.07) is -0.166. The van der Waals surface area contributed by atoms with E-state index in [1.165, 1.54) is 12.5 Å². The van der Waals surface area contributed by atoms with Gasteiger partial charge in [-0.3, -0.25) is 43.3 Å². The molecule has 388 valence electrons. The van der Waals surface area contributed by atoms with Gasteiger partial charge in [-0.05, 0) is 74.8 Å². The lowest BCUT2D eigenvalue weighted by Crippen LogP contribution is -2.61. The molecule has 1 aliphatic heterocycles. The molecule has 1 fully saturated rings. The SMILES string of the molecule is CC(C)C[C@H](NC(=O)[C@H](Cc1cnc[nH]1)NC(=O)[C@H](CC(C)C)NC(=O)[C@H](CO)NC(=O)[C@H](CC(C)C)NC(=O)[C@H](CCCN=C(N)N)NC(=O)[C@H](Cc1ccccc1)NC(=O)[C@@H]1CCCN1)C(N)=O. The summed E-state index contributed by atoms with van der Waals surface area (Å²) in [6.07, 6.45) is 4.97. The van der Waals surface area contributed by atoms with Crippen molar-refractivity contribution < 1.29 is 43.5 Å². The first kappa shape index (κ1) is 57.7. The van der Waals surface area contributed by atoms with Gasteiger partial charge < -0.3 is 69.8 Å². The molecule has 16 N–H and O–H groups in total. The molecule has 1 saturated heterocycles. The number of hydrogen-bond acceptors (Lipinski definition) is 12. The highest BCUT2D eigenvalue weighted by Crippen LogP contribution is 2.13. The maximum absolute atomic E-state index is 14.2. The highest BCUT2D eigenvalue weighted by Gasteiger charge is 2.35. The summed E-state index contributed by atoms with van der Waals surface area (Å²) in [5.74, 6) is -6.26. The van der Waals surface area contributed by atoms with E-state index in [1.807, 2.05) is 32.0 Å². The number of nitrogens with two attached hydrogens (primary N) is 3. The Hall–Kier alpha value is -6.62. The van der Waals surface area contributed by atoms with Crippen molar-refractivity contribution in [1.82, 2.24) is 52.5 Å². The minimum atomic E-state index is -1.61. The first-order valence-corrected chi connectivity index (χ1v) is 24.0. The van der Waals surface area contributed by atoms with Crippen molar-refractivity contribution >= 4 is 53.2 Å². The second-order valence-electron chi connectivity index (χ2n) is 19.0. The van der Waals surface area contributed by atoms with Crippen LogP contribution < -0.4 is 59.7 Å². The van der Waals surface area contributed by atoms with Gasteiger partial charge >= 0.3 is 0 Å². The van der Waals surface area contributed by atoms with Crippen LogP contribution in [-0.2, 0) is 51.2 Å². The number of amides is 8. The number of aliphatic hydroxyl groups excluding tert-OH is 1. The smallest absolute Gasteiger partial charge is 0.245 e. The number of primary amides is 1. The maximum Gasteiger partial charge on any atom is 0.245 e. The number of hydrogen-bond donors (Lipinski definition) is 13. The Bertz CT molecular complexity index is 2040. The maximum atomic E-state index is 14.2. The summed E-state index contributed by atoms with van der Waals surface area (Å²) >= 11 is 0. The molecule has 0 unspecified atom stereocenters. The molecule has 8 atom stereocenters. The number of aliphatic hydroxyl groups is 1. The highest BCUT2D eigenvalue weighted by atomic mass is 16.3. The quantitative estimate of drug-likeness (QED) is 0.0229. The van der Waals surface area contributed by atoms with Crippen molar-refractivity contribution in [3.63, 3.8) is 0 Å². The second-order valence-corrected chi connectivity index (χ2v) is 19.0. The van der Waals surface area contributed by atoms with Crippen LogP contribution in [0.5, 0.6) is 0 Å². The monoisotopic (exact) mass is 981 g/mol. The number of rotatable bonds is 30. The molecule has 8 amide bonds. The van der Waals surface area contributed by atoms with Crippen LogP contribution in [0.25, 0.3) is 0 Å². The summed E-state index contributed by atoms with van der Waals surface area (Å²) < 4.78 is 0. The fourth-order valence-corrected chi connectivity index (χ4v) is 7.79. The number of aromatic amines is 1. The van der Waals surface area contributed by atoms with E-state index in [9.17, 15) is 43.5 Å². The molecule has 2 heterocycles. The van der Waals surface area contributed by atoms with Gasteiger partial charge in [0, 0.05) is 31.3 Å². The Morgan fingerprint density at radius 3 is 1.64 bits per heavy atom. The lowest BCUT2D eigenvalue weighted by molar-refractivity contribution is -0.136. The molecule has 2 aromatic rings. The number of imidazole rings is 1. The van der Waals surface area contributed by atoms with E-state index in [1.54, 1.807) is 39.8 Å². The summed E-state index contributed by atoms with van der Waals surface area (Å²) in [5.41, 5.74) is 17.9. The summed E-state index contributed by atoms with van der Waals surface area (Å²) in [5, 5.41) is 32.3. The van der Waals surface area contributed by atoms with Crippen LogP contribution in [0, 0.1) is 17.8 Å². The molecule has 1 aromatic carbocycles. The lowest BCUT2D eigenvalue weighted by atomic mass is 10.00. The first-order chi connectivity index (χ1) is 33.2. The number of benzene rings is 1. The van der Waals surface area contributed by atoms with Crippen LogP contribution in [0.2, 0.25) is 0 Å². The van der Waals surface area contributed by atoms with Gasteiger partial charge in [-0.1, -0.05) is 71.9 Å². The number of aliphatic imine (C=N–C) groups is 1. The van der Waals surface area contributed by atoms with E-state index < -0.39 is 96.3 Å². The zero-order chi connectivity index (χ0) is 51.9. The van der Waals surface area contributed by atoms with E-state index >= 15 is 0 Å². The van der Waals surface area contributed by atoms with E-state index in [0.29, 0.717) is 18.7 Å². The first-order valence-electron chi connectivity index (χ1n) is 24.0. The fourth-order valence-electron chi connectivity index (χ4n) is 7.79. The molecule has 23 nitrogen and oxygen atoms in total. The van der Waals surface area contributed by atoms with Crippen LogP contribution in [0.1, 0.15) is 97.7 Å². The predicted octanol–water partition coefficient (Wildman–Crippen LogP) is -1.99. The minimum absolute atomic E-state index is 0.00229. The number of nitrogens with zero attached hydrogens (tertiary/aromatic N) is 2. The standard InChI is InChI=1S/C47H76N14O9/c1-26(2)18-33(39(48)63)56-45(69)37(22-30-23-51-25-54-30)60-42(66)34(19-27(3)4)58-46(70)38(24-62)61-43(67)35(20-28(5)6)57-41(65)32(15-11-17-53-47(49)50)55-44(68)36(21-29-12-8-7-9-13-29)59-40(64)31-14-10-16-52-31/h7-9,12-13,23,25-28,31-38,52,62H,10-11,14-22,24H2,1-6H3,(H2,48,63)(H,51,54)(H,55,68)(H,56,69)(H,57,65)(H,58,70)(H,59,64)(H,60,66)(H,61,67)(H4,49,50,53)/t31-,32-,33-,34-,35-,36-,37-,38-/m0/s1. The molecule has 0 spiro atoms. The summed E-state index contributed by atoms with van der Waals surface area (Å²) in [4.78, 5) is 120. The number of guanidine groups is 1. The number of carbonyl (C=O) groups is 8. The Kier molecular flexibility index (Phi) is 24.2. The average Bonchev–Trinajstić information content (AvgIpc) is 4.03. The van der Waals surface area contributed by atoms with Gasteiger partial charge in [0.2, 0.25) is 47.3 Å². The van der Waals surface area contributed by atoms with Gasteiger partial charge in [-0.25, -0.2) is 4.98 Å². The zero-order valence-corrected chi connectivity index (χ0v) is 41.2. The molecule has 1 aromatic heterocycles. The Morgan fingerprint density at radius 2 is 1.14 bits per heavy atom. The lowest BCUT2D eigenvalue weighted by Gasteiger charge is -2.28. The summed E-state index contributed by atoms with van der Waals surface area (Å²) in [7, 11) is 0. The molecule has 23 heteroatoms. The van der Waals surface area contributed by atoms with E-state index in [2.05, 4.69) is 57.5 Å². The minimum Gasteiger partial charge on any atom is -0.394 e. The highest BCUT2D eigenvalue weighted by molar-refractivity contribution is 5.98. The Morgan fingerprint density at radius 1 is 0.657 bits per heavy atom. The molecule has 0 saturated carbocycles. The van der Waals surface area contributed by atoms with Crippen LogP contribution in [-0.4, -0.2) is 136 Å². The van der Waals surface area contributed by atoms with Gasteiger partial charge in [0.1, 0.15) is 42.3 Å².